The summed E-state index contributed by atoms with van der Waals surface area (Å²) in [6.45, 7) is -0.241. The van der Waals surface area contributed by atoms with Crippen LogP contribution in [0.4, 0.5) is 0 Å². The molecule has 0 radical (unpaired) electrons. The van der Waals surface area contributed by atoms with Gasteiger partial charge in [-0.15, -0.1) is 11.8 Å². The predicted molar refractivity (Wildman–Crippen MR) is 84.8 cm³/mol. The Kier molecular flexibility index (Phi) is 6.46. The van der Waals surface area contributed by atoms with E-state index in [9.17, 15) is 19.5 Å². The van der Waals surface area contributed by atoms with Crippen molar-refractivity contribution in [3.8, 4) is 5.75 Å². The Morgan fingerprint density at radius 1 is 1.36 bits per heavy atom. The third-order valence-electron chi connectivity index (χ3n) is 3.54. The first-order valence-corrected chi connectivity index (χ1v) is 8.43. The summed E-state index contributed by atoms with van der Waals surface area (Å²) in [6, 6.07) is 7.98. The van der Waals surface area contributed by atoms with Gasteiger partial charge in [0, 0.05) is 5.75 Å². The smallest absolute Gasteiger partial charge is 0.543 e. The maximum Gasteiger partial charge on any atom is 1.00 e. The molecule has 10 heteroatoms. The molecule has 25 heavy (non-hydrogen) atoms. The van der Waals surface area contributed by atoms with Crippen LogP contribution in [-0.2, 0) is 14.4 Å². The molecule has 2 aliphatic heterocycles. The van der Waals surface area contributed by atoms with Gasteiger partial charge < -0.3 is 20.0 Å². The Labute approximate surface area is 164 Å². The molecule has 2 heterocycles. The first-order chi connectivity index (χ1) is 11.5. The fourth-order valence-corrected chi connectivity index (χ4v) is 4.00. The first kappa shape index (κ1) is 19.7. The van der Waals surface area contributed by atoms with Crippen LogP contribution in [0.2, 0.25) is 0 Å². The molecule has 1 aromatic rings. The second-order valence-corrected chi connectivity index (χ2v) is 6.66. The number of ether oxygens (including phenoxy) is 1. The number of carbonyl (C=O) groups excluding carboxylic acids is 3. The van der Waals surface area contributed by atoms with Crippen molar-refractivity contribution >= 4 is 41.1 Å². The summed E-state index contributed by atoms with van der Waals surface area (Å²) >= 11 is 7.12. The number of para-hydroxylation sites is 1. The summed E-state index contributed by atoms with van der Waals surface area (Å²) in [5, 5.41) is 13.2. The molecule has 0 aromatic heterocycles. The van der Waals surface area contributed by atoms with Crippen molar-refractivity contribution in [1.82, 2.24) is 10.2 Å². The van der Waals surface area contributed by atoms with Crippen LogP contribution in [0, 0.1) is 0 Å². The van der Waals surface area contributed by atoms with Crippen LogP contribution < -0.4 is 34.0 Å². The summed E-state index contributed by atoms with van der Waals surface area (Å²) in [5.74, 6) is -1.72. The van der Waals surface area contributed by atoms with E-state index in [1.165, 1.54) is 11.8 Å². The van der Waals surface area contributed by atoms with Crippen LogP contribution in [-0.4, -0.2) is 46.5 Å². The van der Waals surface area contributed by atoms with Gasteiger partial charge in [-0.05, 0) is 12.1 Å². The van der Waals surface area contributed by atoms with Crippen LogP contribution >= 0.6 is 23.4 Å². The molecule has 7 nitrogen and oxygen atoms in total. The van der Waals surface area contributed by atoms with E-state index in [1.54, 1.807) is 24.3 Å². The van der Waals surface area contributed by atoms with Gasteiger partial charge in [-0.3, -0.25) is 14.5 Å². The van der Waals surface area contributed by atoms with Gasteiger partial charge in [0.15, 0.2) is 6.61 Å². The molecule has 2 amide bonds. The molecule has 1 N–H and O–H groups in total. The van der Waals surface area contributed by atoms with Crippen molar-refractivity contribution < 1.29 is 43.1 Å². The monoisotopic (exact) mass is 374 g/mol. The zero-order valence-electron chi connectivity index (χ0n) is 13.2. The Morgan fingerprint density at radius 3 is 2.68 bits per heavy atom. The van der Waals surface area contributed by atoms with Gasteiger partial charge in [0.05, 0.1) is 16.7 Å². The largest absolute Gasteiger partial charge is 1.00 e. The molecule has 2 atom stereocenters. The van der Waals surface area contributed by atoms with E-state index in [-0.39, 0.29) is 41.9 Å². The SMILES string of the molecule is O=C(COc1ccccc1)NC1C(=O)N2C(C(=O)[O-])=C(Cl)CS[C@@H]12.[Li+]. The van der Waals surface area contributed by atoms with Gasteiger partial charge in [-0.1, -0.05) is 29.8 Å². The summed E-state index contributed by atoms with van der Waals surface area (Å²) in [6.07, 6.45) is 0. The molecule has 1 unspecified atom stereocenters. The van der Waals surface area contributed by atoms with Crippen LogP contribution in [0.15, 0.2) is 41.1 Å². The number of fused-ring (bicyclic) bond motifs is 1. The summed E-state index contributed by atoms with van der Waals surface area (Å²) in [5.41, 5.74) is -0.323. The number of aliphatic carboxylic acids is 1. The predicted octanol–water partition coefficient (Wildman–Crippen LogP) is -3.33. The van der Waals surface area contributed by atoms with E-state index in [0.717, 1.165) is 4.90 Å². The minimum atomic E-state index is -1.50. The van der Waals surface area contributed by atoms with Crippen LogP contribution in [0.25, 0.3) is 0 Å². The third kappa shape index (κ3) is 3.98. The molecular formula is C15H12ClLiN2O5S. The number of nitrogens with zero attached hydrogens (tertiary/aromatic N) is 1. The number of carboxylic acid groups (broad SMARTS) is 1. The number of rotatable bonds is 5. The van der Waals surface area contributed by atoms with Crippen LogP contribution in [0.1, 0.15) is 0 Å². The van der Waals surface area contributed by atoms with E-state index >= 15 is 0 Å². The second kappa shape index (κ2) is 8.19. The quantitative estimate of drug-likeness (QED) is 0.427. The zero-order chi connectivity index (χ0) is 17.3. The number of nitrogens with one attached hydrogen (secondary N) is 1. The normalized spacial score (nSPS) is 21.6. The Hall–Kier alpha value is -1.59. The maximum atomic E-state index is 12.1. The van der Waals surface area contributed by atoms with E-state index in [2.05, 4.69) is 5.32 Å². The van der Waals surface area contributed by atoms with Crippen LogP contribution in [0.3, 0.4) is 0 Å². The van der Waals surface area contributed by atoms with Gasteiger partial charge in [0.2, 0.25) is 0 Å². The Morgan fingerprint density at radius 2 is 2.04 bits per heavy atom. The molecule has 1 fully saturated rings. The van der Waals surface area contributed by atoms with Crippen molar-refractivity contribution in [2.75, 3.05) is 12.4 Å². The number of β-lactam (4-membered cyclic amide) rings is 1. The zero-order valence-corrected chi connectivity index (χ0v) is 14.8. The molecule has 3 rings (SSSR count). The third-order valence-corrected chi connectivity index (χ3v) is 5.30. The summed E-state index contributed by atoms with van der Waals surface area (Å²) in [7, 11) is 0. The summed E-state index contributed by atoms with van der Waals surface area (Å²) < 4.78 is 5.31. The number of halogens is 1. The van der Waals surface area contributed by atoms with E-state index in [4.69, 9.17) is 16.3 Å². The number of benzene rings is 1. The van der Waals surface area contributed by atoms with Crippen molar-refractivity contribution in [3.63, 3.8) is 0 Å². The van der Waals surface area contributed by atoms with Gasteiger partial charge in [-0.2, -0.15) is 0 Å². The molecule has 0 aliphatic carbocycles. The number of amides is 2. The minimum absolute atomic E-state index is 0. The van der Waals surface area contributed by atoms with Gasteiger partial charge in [0.1, 0.15) is 17.2 Å². The van der Waals surface area contributed by atoms with Gasteiger partial charge in [0.25, 0.3) is 11.8 Å². The molecule has 126 valence electrons. The number of carbonyl (C=O) groups is 3. The topological polar surface area (TPSA) is 98.8 Å². The molecule has 0 spiro atoms. The van der Waals surface area contributed by atoms with Crippen molar-refractivity contribution in [3.05, 3.63) is 41.1 Å². The van der Waals surface area contributed by atoms with Crippen molar-refractivity contribution in [2.24, 2.45) is 0 Å². The summed E-state index contributed by atoms with van der Waals surface area (Å²) in [4.78, 5) is 36.3. The second-order valence-electron chi connectivity index (χ2n) is 5.10. The number of hydrogen-bond acceptors (Lipinski definition) is 6. The van der Waals surface area contributed by atoms with Gasteiger partial charge in [-0.25, -0.2) is 0 Å². The van der Waals surface area contributed by atoms with E-state index in [0.29, 0.717) is 5.75 Å². The Balaban J connectivity index is 0.00000225. The fourth-order valence-electron chi connectivity index (χ4n) is 2.45. The number of thioether (sulfide) groups is 1. The molecule has 0 bridgehead atoms. The molecule has 1 saturated heterocycles. The molecular weight excluding hydrogens is 363 g/mol. The van der Waals surface area contributed by atoms with Gasteiger partial charge >= 0.3 is 18.9 Å². The minimum Gasteiger partial charge on any atom is -0.543 e. The average Bonchev–Trinajstić information content (AvgIpc) is 2.58. The first-order valence-electron chi connectivity index (χ1n) is 7.01. The molecule has 1 aromatic carbocycles. The maximum absolute atomic E-state index is 12.1. The molecule has 0 saturated carbocycles. The van der Waals surface area contributed by atoms with Crippen molar-refractivity contribution in [2.45, 2.75) is 11.4 Å². The average molecular weight is 375 g/mol. The Bertz CT molecular complexity index is 730. The van der Waals surface area contributed by atoms with Crippen molar-refractivity contribution in [1.29, 1.82) is 0 Å². The number of hydrogen-bond donors (Lipinski definition) is 1. The standard InChI is InChI=1S/C15H13ClN2O5S.Li/c16-9-7-24-14-11(13(20)18(14)12(9)15(21)22)17-10(19)6-23-8-4-2-1-3-5-8;/h1-5,11,14H,6-7H2,(H,17,19)(H,21,22);/q;+1/p-1/t11?,14-;/m0./s1. The van der Waals surface area contributed by atoms with Crippen LogP contribution in [0.5, 0.6) is 5.75 Å². The van der Waals surface area contributed by atoms with E-state index < -0.39 is 29.2 Å². The number of carboxylic acids is 1. The molecule has 2 aliphatic rings. The van der Waals surface area contributed by atoms with E-state index in [1.807, 2.05) is 6.07 Å². The fraction of sp³-hybridized carbons (Fsp3) is 0.267.